The fourth-order valence-electron chi connectivity index (χ4n) is 2.16. The van der Waals surface area contributed by atoms with Crippen molar-refractivity contribution >= 4 is 21.9 Å². The van der Waals surface area contributed by atoms with Gasteiger partial charge >= 0.3 is 5.97 Å². The lowest BCUT2D eigenvalue weighted by Crippen LogP contribution is -2.27. The molecule has 106 valence electrons. The Morgan fingerprint density at radius 3 is 2.56 bits per heavy atom. The van der Waals surface area contributed by atoms with E-state index in [4.69, 9.17) is 0 Å². The highest BCUT2D eigenvalue weighted by atomic mass is 79.9. The van der Waals surface area contributed by atoms with Crippen molar-refractivity contribution in [3.05, 3.63) is 12.2 Å². The number of rotatable bonds is 10. The summed E-state index contributed by atoms with van der Waals surface area (Å²) in [6, 6.07) is 0. The Hall–Kier alpha value is -0.350. The third-order valence-electron chi connectivity index (χ3n) is 3.17. The Morgan fingerprint density at radius 1 is 1.39 bits per heavy atom. The predicted octanol–water partition coefficient (Wildman–Crippen LogP) is 3.30. The number of nitrogens with one attached hydrogen (secondary N) is 1. The van der Waals surface area contributed by atoms with Gasteiger partial charge in [-0.25, -0.2) is 0 Å². The highest BCUT2D eigenvalue weighted by Gasteiger charge is 2.24. The van der Waals surface area contributed by atoms with Gasteiger partial charge in [-0.3, -0.25) is 4.79 Å². The minimum absolute atomic E-state index is 0.205. The number of halogens is 1. The number of allylic oxidation sites excluding steroid dienone is 2. The van der Waals surface area contributed by atoms with E-state index in [1.807, 2.05) is 19.1 Å². The summed E-state index contributed by atoms with van der Waals surface area (Å²) < 4.78 is 0. The summed E-state index contributed by atoms with van der Waals surface area (Å²) in [5.41, 5.74) is 0. The summed E-state index contributed by atoms with van der Waals surface area (Å²) in [5, 5.41) is 13.4. The normalized spacial score (nSPS) is 16.7. The average Bonchev–Trinajstić information content (AvgIpc) is 2.31. The molecule has 0 heterocycles. The molecule has 0 aliphatic heterocycles. The molecular weight excluding hydrogens is 294 g/mol. The summed E-state index contributed by atoms with van der Waals surface area (Å²) >= 11 is 3.30. The second-order valence-electron chi connectivity index (χ2n) is 4.93. The lowest BCUT2D eigenvalue weighted by Gasteiger charge is -2.22. The van der Waals surface area contributed by atoms with Crippen LogP contribution >= 0.6 is 15.9 Å². The number of aliphatic carboxylic acids is 1. The molecule has 3 nitrogen and oxygen atoms in total. The molecule has 0 saturated carbocycles. The minimum atomic E-state index is -0.683. The van der Waals surface area contributed by atoms with Gasteiger partial charge in [-0.05, 0) is 37.8 Å². The van der Waals surface area contributed by atoms with Crippen LogP contribution in [0.2, 0.25) is 0 Å². The van der Waals surface area contributed by atoms with Gasteiger partial charge in [0.25, 0.3) is 0 Å². The average molecular weight is 320 g/mol. The van der Waals surface area contributed by atoms with Crippen molar-refractivity contribution in [1.82, 2.24) is 5.32 Å². The van der Waals surface area contributed by atoms with Crippen LogP contribution in [0.5, 0.6) is 0 Å². The van der Waals surface area contributed by atoms with Gasteiger partial charge in [0.15, 0.2) is 0 Å². The molecule has 0 fully saturated rings. The van der Waals surface area contributed by atoms with E-state index in [9.17, 15) is 9.90 Å². The second-order valence-corrected chi connectivity index (χ2v) is 5.58. The minimum Gasteiger partial charge on any atom is -0.481 e. The first-order valence-electron chi connectivity index (χ1n) is 6.67. The van der Waals surface area contributed by atoms with Crippen molar-refractivity contribution in [1.29, 1.82) is 0 Å². The molecule has 0 amide bonds. The summed E-state index contributed by atoms with van der Waals surface area (Å²) in [6.07, 6.45) is 5.49. The molecular formula is C14H26BrNO2. The molecule has 3 atom stereocenters. The van der Waals surface area contributed by atoms with Crippen molar-refractivity contribution in [2.24, 2.45) is 17.8 Å². The highest BCUT2D eigenvalue weighted by Crippen LogP contribution is 2.23. The number of hydrogen-bond donors (Lipinski definition) is 2. The standard InChI is InChI=1S/C14H26BrNO2/c1-4-16-10-11(2)9-12(3)13(14(17)18)7-5-6-8-15/h5-6,11-13,16H,4,7-10H2,1-3H3,(H,17,18)/b6-5+/t11?,12?,13-/m0/s1. The van der Waals surface area contributed by atoms with Crippen LogP contribution in [0.4, 0.5) is 0 Å². The van der Waals surface area contributed by atoms with Gasteiger partial charge in [-0.2, -0.15) is 0 Å². The molecule has 0 bridgehead atoms. The quantitative estimate of drug-likeness (QED) is 0.480. The first kappa shape index (κ1) is 17.6. The van der Waals surface area contributed by atoms with E-state index in [2.05, 4.69) is 35.1 Å². The molecule has 0 aromatic carbocycles. The summed E-state index contributed by atoms with van der Waals surface area (Å²) in [4.78, 5) is 11.3. The Kier molecular flexibility index (Phi) is 10.4. The first-order chi connectivity index (χ1) is 8.52. The number of alkyl halides is 1. The van der Waals surface area contributed by atoms with E-state index in [0.29, 0.717) is 12.3 Å². The van der Waals surface area contributed by atoms with Crippen LogP contribution in [-0.2, 0) is 4.79 Å². The van der Waals surface area contributed by atoms with Crippen molar-refractivity contribution in [2.45, 2.75) is 33.6 Å². The van der Waals surface area contributed by atoms with Crippen LogP contribution in [-0.4, -0.2) is 29.5 Å². The molecule has 4 heteroatoms. The van der Waals surface area contributed by atoms with Gasteiger partial charge in [0.2, 0.25) is 0 Å². The molecule has 0 aliphatic carbocycles. The van der Waals surface area contributed by atoms with Crippen molar-refractivity contribution in [3.8, 4) is 0 Å². The van der Waals surface area contributed by atoms with Gasteiger partial charge in [0.05, 0.1) is 5.92 Å². The lowest BCUT2D eigenvalue weighted by molar-refractivity contribution is -0.143. The molecule has 0 aromatic heterocycles. The SMILES string of the molecule is CCNCC(C)CC(C)[C@H](C/C=C/CBr)C(=O)O. The number of carboxylic acid groups (broad SMARTS) is 1. The van der Waals surface area contributed by atoms with Gasteiger partial charge in [0.1, 0.15) is 0 Å². The third kappa shape index (κ3) is 7.88. The zero-order valence-corrected chi connectivity index (χ0v) is 13.2. The van der Waals surface area contributed by atoms with E-state index in [0.717, 1.165) is 24.8 Å². The Morgan fingerprint density at radius 2 is 2.06 bits per heavy atom. The van der Waals surface area contributed by atoms with Crippen LogP contribution in [0.3, 0.4) is 0 Å². The molecule has 0 saturated heterocycles. The van der Waals surface area contributed by atoms with Crippen molar-refractivity contribution < 1.29 is 9.90 Å². The number of hydrogen-bond acceptors (Lipinski definition) is 2. The largest absolute Gasteiger partial charge is 0.481 e. The van der Waals surface area contributed by atoms with Gasteiger partial charge in [0, 0.05) is 5.33 Å². The molecule has 0 radical (unpaired) electrons. The third-order valence-corrected chi connectivity index (χ3v) is 3.54. The van der Waals surface area contributed by atoms with Crippen LogP contribution in [0.15, 0.2) is 12.2 Å². The molecule has 0 spiro atoms. The maximum absolute atomic E-state index is 11.3. The molecule has 0 aliphatic rings. The van der Waals surface area contributed by atoms with Crippen LogP contribution in [0.25, 0.3) is 0 Å². The lowest BCUT2D eigenvalue weighted by atomic mass is 9.84. The molecule has 2 N–H and O–H groups in total. The fourth-order valence-corrected chi connectivity index (χ4v) is 2.42. The van der Waals surface area contributed by atoms with Crippen LogP contribution in [0, 0.1) is 17.8 Å². The Bertz CT molecular complexity index is 256. The molecule has 2 unspecified atom stereocenters. The van der Waals surface area contributed by atoms with Gasteiger partial charge in [-0.1, -0.05) is 48.9 Å². The summed E-state index contributed by atoms with van der Waals surface area (Å²) in [7, 11) is 0. The zero-order chi connectivity index (χ0) is 14.0. The highest BCUT2D eigenvalue weighted by molar-refractivity contribution is 9.09. The van der Waals surface area contributed by atoms with Gasteiger partial charge in [-0.15, -0.1) is 0 Å². The van der Waals surface area contributed by atoms with E-state index < -0.39 is 5.97 Å². The maximum Gasteiger partial charge on any atom is 0.307 e. The van der Waals surface area contributed by atoms with Crippen LogP contribution < -0.4 is 5.32 Å². The number of carboxylic acids is 1. The van der Waals surface area contributed by atoms with Crippen molar-refractivity contribution in [3.63, 3.8) is 0 Å². The first-order valence-corrected chi connectivity index (χ1v) is 7.79. The fraction of sp³-hybridized carbons (Fsp3) is 0.786. The van der Waals surface area contributed by atoms with Gasteiger partial charge < -0.3 is 10.4 Å². The van der Waals surface area contributed by atoms with E-state index >= 15 is 0 Å². The summed E-state index contributed by atoms with van der Waals surface area (Å²) in [5.74, 6) is -0.236. The molecule has 0 aromatic rings. The monoisotopic (exact) mass is 319 g/mol. The van der Waals surface area contributed by atoms with E-state index in [1.54, 1.807) is 0 Å². The molecule has 18 heavy (non-hydrogen) atoms. The Balaban J connectivity index is 4.24. The van der Waals surface area contributed by atoms with E-state index in [-0.39, 0.29) is 11.8 Å². The molecule has 0 rings (SSSR count). The Labute approximate surface area is 119 Å². The van der Waals surface area contributed by atoms with Crippen molar-refractivity contribution in [2.75, 3.05) is 18.4 Å². The topological polar surface area (TPSA) is 49.3 Å². The maximum atomic E-state index is 11.3. The number of carbonyl (C=O) groups is 1. The smallest absolute Gasteiger partial charge is 0.307 e. The predicted molar refractivity (Wildman–Crippen MR) is 80.2 cm³/mol. The van der Waals surface area contributed by atoms with E-state index in [1.165, 1.54) is 0 Å². The van der Waals surface area contributed by atoms with Crippen LogP contribution in [0.1, 0.15) is 33.6 Å². The second kappa shape index (κ2) is 10.6. The summed E-state index contributed by atoms with van der Waals surface area (Å²) in [6.45, 7) is 8.23. The zero-order valence-electron chi connectivity index (χ0n) is 11.7.